The normalized spacial score (nSPS) is 21.5. The lowest BCUT2D eigenvalue weighted by Gasteiger charge is -2.27. The van der Waals surface area contributed by atoms with Crippen molar-refractivity contribution >= 4 is 12.4 Å². The number of hydrogen-bond donors (Lipinski definition) is 1. The first-order valence-electron chi connectivity index (χ1n) is 4.99. The standard InChI is InChI=1S/C10H21N.ClH/c1-9(8-11-2)10-6-4-3-5-7-10;/h9-11H,3-8H2,1-2H3;1H. The van der Waals surface area contributed by atoms with Gasteiger partial charge in [0.1, 0.15) is 0 Å². The summed E-state index contributed by atoms with van der Waals surface area (Å²) in [5.74, 6) is 1.90. The van der Waals surface area contributed by atoms with Gasteiger partial charge in [-0.05, 0) is 25.4 Å². The highest BCUT2D eigenvalue weighted by molar-refractivity contribution is 5.85. The van der Waals surface area contributed by atoms with Crippen molar-refractivity contribution in [3.8, 4) is 0 Å². The van der Waals surface area contributed by atoms with Crippen molar-refractivity contribution in [1.82, 2.24) is 5.32 Å². The summed E-state index contributed by atoms with van der Waals surface area (Å²) in [5, 5.41) is 3.26. The van der Waals surface area contributed by atoms with Crippen LogP contribution in [-0.4, -0.2) is 13.6 Å². The molecule has 0 bridgehead atoms. The Hall–Kier alpha value is 0.250. The number of rotatable bonds is 3. The summed E-state index contributed by atoms with van der Waals surface area (Å²) in [6, 6.07) is 0. The van der Waals surface area contributed by atoms with E-state index >= 15 is 0 Å². The highest BCUT2D eigenvalue weighted by atomic mass is 35.5. The van der Waals surface area contributed by atoms with Gasteiger partial charge in [-0.15, -0.1) is 12.4 Å². The van der Waals surface area contributed by atoms with Gasteiger partial charge in [-0.1, -0.05) is 39.0 Å². The third-order valence-electron chi connectivity index (χ3n) is 2.98. The van der Waals surface area contributed by atoms with Gasteiger partial charge in [0.25, 0.3) is 0 Å². The molecule has 0 saturated heterocycles. The Labute approximate surface area is 82.7 Å². The molecule has 1 unspecified atom stereocenters. The first kappa shape index (κ1) is 12.2. The van der Waals surface area contributed by atoms with Crippen LogP contribution in [0, 0.1) is 11.8 Å². The SMILES string of the molecule is CNCC(C)C1CCCCC1.Cl. The van der Waals surface area contributed by atoms with Crippen LogP contribution < -0.4 is 5.32 Å². The molecular weight excluding hydrogens is 170 g/mol. The predicted molar refractivity (Wildman–Crippen MR) is 56.9 cm³/mol. The summed E-state index contributed by atoms with van der Waals surface area (Å²) >= 11 is 0. The van der Waals surface area contributed by atoms with Gasteiger partial charge in [-0.2, -0.15) is 0 Å². The fraction of sp³-hybridized carbons (Fsp3) is 1.00. The van der Waals surface area contributed by atoms with E-state index in [9.17, 15) is 0 Å². The van der Waals surface area contributed by atoms with E-state index in [1.54, 1.807) is 0 Å². The van der Waals surface area contributed by atoms with Gasteiger partial charge in [-0.3, -0.25) is 0 Å². The number of hydrogen-bond acceptors (Lipinski definition) is 1. The van der Waals surface area contributed by atoms with E-state index in [-0.39, 0.29) is 12.4 Å². The fourth-order valence-electron chi connectivity index (χ4n) is 2.19. The van der Waals surface area contributed by atoms with Crippen LogP contribution in [0.3, 0.4) is 0 Å². The van der Waals surface area contributed by atoms with E-state index in [1.165, 1.54) is 38.6 Å². The molecule has 0 aromatic rings. The average molecular weight is 192 g/mol. The molecule has 0 aromatic carbocycles. The molecular formula is C10H22ClN. The maximum absolute atomic E-state index is 3.26. The third-order valence-corrected chi connectivity index (χ3v) is 2.98. The van der Waals surface area contributed by atoms with Gasteiger partial charge >= 0.3 is 0 Å². The molecule has 1 nitrogen and oxygen atoms in total. The van der Waals surface area contributed by atoms with Gasteiger partial charge in [0.15, 0.2) is 0 Å². The fourth-order valence-corrected chi connectivity index (χ4v) is 2.19. The van der Waals surface area contributed by atoms with Gasteiger partial charge < -0.3 is 5.32 Å². The molecule has 0 aromatic heterocycles. The van der Waals surface area contributed by atoms with Crippen molar-refractivity contribution in [2.24, 2.45) is 11.8 Å². The Morgan fingerprint density at radius 3 is 2.33 bits per heavy atom. The molecule has 0 spiro atoms. The predicted octanol–water partition coefficient (Wildman–Crippen LogP) is 2.84. The maximum Gasteiger partial charge on any atom is -0.00235 e. The molecule has 12 heavy (non-hydrogen) atoms. The molecule has 1 atom stereocenters. The molecule has 0 aliphatic heterocycles. The Bertz CT molecular complexity index is 100. The van der Waals surface area contributed by atoms with Crippen LogP contribution >= 0.6 is 12.4 Å². The lowest BCUT2D eigenvalue weighted by molar-refractivity contribution is 0.260. The van der Waals surface area contributed by atoms with E-state index in [4.69, 9.17) is 0 Å². The molecule has 1 aliphatic carbocycles. The van der Waals surface area contributed by atoms with Gasteiger partial charge in [0.2, 0.25) is 0 Å². The molecule has 0 amide bonds. The van der Waals surface area contributed by atoms with Crippen molar-refractivity contribution in [3.63, 3.8) is 0 Å². The van der Waals surface area contributed by atoms with E-state index in [0.29, 0.717) is 0 Å². The van der Waals surface area contributed by atoms with Crippen LogP contribution in [0.5, 0.6) is 0 Å². The summed E-state index contributed by atoms with van der Waals surface area (Å²) in [6.07, 6.45) is 7.37. The quantitative estimate of drug-likeness (QED) is 0.724. The Morgan fingerprint density at radius 1 is 1.25 bits per heavy atom. The zero-order valence-corrected chi connectivity index (χ0v) is 9.12. The van der Waals surface area contributed by atoms with E-state index < -0.39 is 0 Å². The molecule has 1 N–H and O–H groups in total. The maximum atomic E-state index is 3.26. The summed E-state index contributed by atoms with van der Waals surface area (Å²) in [6.45, 7) is 3.58. The zero-order valence-electron chi connectivity index (χ0n) is 8.31. The minimum atomic E-state index is 0. The van der Waals surface area contributed by atoms with Crippen LogP contribution in [0.1, 0.15) is 39.0 Å². The number of halogens is 1. The van der Waals surface area contributed by atoms with Crippen molar-refractivity contribution in [3.05, 3.63) is 0 Å². The topological polar surface area (TPSA) is 12.0 Å². The molecule has 74 valence electrons. The lowest BCUT2D eigenvalue weighted by atomic mass is 9.81. The Balaban J connectivity index is 0.00000121. The van der Waals surface area contributed by atoms with Crippen LogP contribution in [0.25, 0.3) is 0 Å². The molecule has 0 heterocycles. The highest BCUT2D eigenvalue weighted by Gasteiger charge is 2.18. The minimum absolute atomic E-state index is 0. The lowest BCUT2D eigenvalue weighted by Crippen LogP contribution is -2.25. The largest absolute Gasteiger partial charge is 0.319 e. The molecule has 1 aliphatic rings. The molecule has 1 fully saturated rings. The summed E-state index contributed by atoms with van der Waals surface area (Å²) in [7, 11) is 2.05. The smallest absolute Gasteiger partial charge is 0.00235 e. The molecule has 0 radical (unpaired) electrons. The highest BCUT2D eigenvalue weighted by Crippen LogP contribution is 2.29. The summed E-state index contributed by atoms with van der Waals surface area (Å²) < 4.78 is 0. The van der Waals surface area contributed by atoms with Crippen molar-refractivity contribution in [2.75, 3.05) is 13.6 Å². The summed E-state index contributed by atoms with van der Waals surface area (Å²) in [4.78, 5) is 0. The minimum Gasteiger partial charge on any atom is -0.319 e. The first-order chi connectivity index (χ1) is 5.34. The van der Waals surface area contributed by atoms with Gasteiger partial charge in [0, 0.05) is 0 Å². The Kier molecular flexibility index (Phi) is 6.87. The van der Waals surface area contributed by atoms with Crippen LogP contribution in [0.2, 0.25) is 0 Å². The second kappa shape index (κ2) is 6.73. The second-order valence-corrected chi connectivity index (χ2v) is 3.93. The number of nitrogens with one attached hydrogen (secondary N) is 1. The molecule has 1 saturated carbocycles. The van der Waals surface area contributed by atoms with Gasteiger partial charge in [0.05, 0.1) is 0 Å². The summed E-state index contributed by atoms with van der Waals surface area (Å²) in [5.41, 5.74) is 0. The van der Waals surface area contributed by atoms with Crippen LogP contribution in [-0.2, 0) is 0 Å². The van der Waals surface area contributed by atoms with Crippen molar-refractivity contribution in [1.29, 1.82) is 0 Å². The van der Waals surface area contributed by atoms with Crippen molar-refractivity contribution < 1.29 is 0 Å². The molecule has 1 rings (SSSR count). The average Bonchev–Trinajstić information content (AvgIpc) is 2.07. The van der Waals surface area contributed by atoms with Crippen LogP contribution in [0.4, 0.5) is 0 Å². The van der Waals surface area contributed by atoms with E-state index in [0.717, 1.165) is 11.8 Å². The van der Waals surface area contributed by atoms with Crippen LogP contribution in [0.15, 0.2) is 0 Å². The van der Waals surface area contributed by atoms with E-state index in [2.05, 4.69) is 19.3 Å². The van der Waals surface area contributed by atoms with Crippen molar-refractivity contribution in [2.45, 2.75) is 39.0 Å². The Morgan fingerprint density at radius 2 is 1.83 bits per heavy atom. The first-order valence-corrected chi connectivity index (χ1v) is 4.99. The third kappa shape index (κ3) is 3.77. The van der Waals surface area contributed by atoms with Gasteiger partial charge in [-0.25, -0.2) is 0 Å². The van der Waals surface area contributed by atoms with E-state index in [1.807, 2.05) is 0 Å². The second-order valence-electron chi connectivity index (χ2n) is 3.93. The monoisotopic (exact) mass is 191 g/mol. The zero-order chi connectivity index (χ0) is 8.10. The molecule has 2 heteroatoms.